The average molecular weight is 128 g/mol. The molecule has 1 N–H and O–H groups in total. The number of likely N-dealkylation sites (N-methyl/N-ethyl adjacent to an activating group) is 2. The molecule has 0 fully saturated rings. The lowest BCUT2D eigenvalue weighted by Crippen LogP contribution is -2.11. The van der Waals surface area contributed by atoms with Crippen LogP contribution in [0.4, 0.5) is 0 Å². The van der Waals surface area contributed by atoms with E-state index in [0.717, 1.165) is 13.1 Å². The van der Waals surface area contributed by atoms with Gasteiger partial charge in [0.25, 0.3) is 0 Å². The Morgan fingerprint density at radius 1 is 1.33 bits per heavy atom. The second kappa shape index (κ2) is 5.79. The molecule has 0 heterocycles. The lowest BCUT2D eigenvalue weighted by atomic mass is 10.4. The van der Waals surface area contributed by atoms with E-state index in [9.17, 15) is 0 Å². The maximum atomic E-state index is 3.04. The molecule has 2 heteroatoms. The molecule has 0 saturated carbocycles. The van der Waals surface area contributed by atoms with E-state index >= 15 is 0 Å². The van der Waals surface area contributed by atoms with Gasteiger partial charge >= 0.3 is 0 Å². The summed E-state index contributed by atoms with van der Waals surface area (Å²) in [5.74, 6) is 0. The van der Waals surface area contributed by atoms with Gasteiger partial charge in [-0.2, -0.15) is 0 Å². The van der Waals surface area contributed by atoms with Crippen LogP contribution in [-0.4, -0.2) is 39.1 Å². The minimum atomic E-state index is 0.966. The largest absolute Gasteiger partial charge is 0.316 e. The van der Waals surface area contributed by atoms with Gasteiger partial charge in [-0.15, -0.1) is 0 Å². The van der Waals surface area contributed by atoms with Crippen molar-refractivity contribution < 1.29 is 0 Å². The van der Waals surface area contributed by atoms with Crippen LogP contribution in [0.3, 0.4) is 0 Å². The molecule has 2 nitrogen and oxygen atoms in total. The highest BCUT2D eigenvalue weighted by Gasteiger charge is 1.79. The molecule has 0 rings (SSSR count). The Morgan fingerprint density at radius 2 is 2.00 bits per heavy atom. The first kappa shape index (κ1) is 8.66. The molecular formula is C7H16N2. The highest BCUT2D eigenvalue weighted by atomic mass is 15.0. The molecule has 54 valence electrons. The fourth-order valence-electron chi connectivity index (χ4n) is 0.487. The topological polar surface area (TPSA) is 15.3 Å². The Morgan fingerprint density at radius 3 is 2.44 bits per heavy atom. The summed E-state index contributed by atoms with van der Waals surface area (Å²) in [6.45, 7) is 2.00. The molecule has 0 aromatic carbocycles. The Kier molecular flexibility index (Phi) is 5.57. The lowest BCUT2D eigenvalue weighted by molar-refractivity contribution is 0.456. The Labute approximate surface area is 57.5 Å². The summed E-state index contributed by atoms with van der Waals surface area (Å²) in [7, 11) is 6.06. The predicted molar refractivity (Wildman–Crippen MR) is 41.6 cm³/mol. The maximum absolute atomic E-state index is 3.04. The summed E-state index contributed by atoms with van der Waals surface area (Å²) in [6, 6.07) is 0. The van der Waals surface area contributed by atoms with E-state index in [0.29, 0.717) is 0 Å². The van der Waals surface area contributed by atoms with Crippen molar-refractivity contribution in [2.45, 2.75) is 0 Å². The average Bonchev–Trinajstić information content (AvgIpc) is 1.80. The number of hydrogen-bond donors (Lipinski definition) is 1. The molecule has 0 radical (unpaired) electrons. The molecule has 0 atom stereocenters. The molecule has 0 saturated heterocycles. The summed E-state index contributed by atoms with van der Waals surface area (Å²) in [5.41, 5.74) is 0. The van der Waals surface area contributed by atoms with Crippen LogP contribution in [0.25, 0.3) is 0 Å². The molecular weight excluding hydrogens is 112 g/mol. The van der Waals surface area contributed by atoms with Crippen LogP contribution >= 0.6 is 0 Å². The number of nitrogens with zero attached hydrogens (tertiary/aromatic N) is 1. The first-order valence-electron chi connectivity index (χ1n) is 3.21. The van der Waals surface area contributed by atoms with Crippen molar-refractivity contribution in [1.29, 1.82) is 0 Å². The fourth-order valence-corrected chi connectivity index (χ4v) is 0.487. The van der Waals surface area contributed by atoms with Crippen molar-refractivity contribution in [3.63, 3.8) is 0 Å². The molecule has 0 spiro atoms. The van der Waals surface area contributed by atoms with Crippen LogP contribution in [0.1, 0.15) is 0 Å². The third-order valence-corrected chi connectivity index (χ3v) is 0.959. The molecule has 0 aliphatic heterocycles. The fraction of sp³-hybridized carbons (Fsp3) is 0.714. The van der Waals surface area contributed by atoms with Crippen molar-refractivity contribution in [3.05, 3.63) is 12.2 Å². The van der Waals surface area contributed by atoms with E-state index in [1.807, 2.05) is 7.05 Å². The smallest absolute Gasteiger partial charge is 0.0157 e. The first-order valence-corrected chi connectivity index (χ1v) is 3.21. The zero-order valence-electron chi connectivity index (χ0n) is 6.52. The first-order chi connectivity index (χ1) is 4.27. The van der Waals surface area contributed by atoms with Gasteiger partial charge in [-0.3, -0.25) is 0 Å². The summed E-state index contributed by atoms with van der Waals surface area (Å²) in [5, 5.41) is 3.04. The SMILES string of the molecule is CNCC=CCN(C)C. The third kappa shape index (κ3) is 7.66. The van der Waals surface area contributed by atoms with Crippen molar-refractivity contribution >= 4 is 0 Å². The van der Waals surface area contributed by atoms with E-state index in [1.54, 1.807) is 0 Å². The summed E-state index contributed by atoms with van der Waals surface area (Å²) in [6.07, 6.45) is 4.27. The Bertz CT molecular complexity index is 77.0. The number of hydrogen-bond acceptors (Lipinski definition) is 2. The highest BCUT2D eigenvalue weighted by Crippen LogP contribution is 1.75. The molecule has 0 aliphatic carbocycles. The maximum Gasteiger partial charge on any atom is 0.0157 e. The summed E-state index contributed by atoms with van der Waals surface area (Å²) in [4.78, 5) is 2.13. The van der Waals surface area contributed by atoms with Crippen molar-refractivity contribution in [3.8, 4) is 0 Å². The van der Waals surface area contributed by atoms with E-state index in [1.165, 1.54) is 0 Å². The molecule has 0 aromatic rings. The van der Waals surface area contributed by atoms with Gasteiger partial charge in [-0.25, -0.2) is 0 Å². The van der Waals surface area contributed by atoms with E-state index in [-0.39, 0.29) is 0 Å². The van der Waals surface area contributed by atoms with Crippen LogP contribution in [0, 0.1) is 0 Å². The normalized spacial score (nSPS) is 11.6. The van der Waals surface area contributed by atoms with Gasteiger partial charge in [0.15, 0.2) is 0 Å². The van der Waals surface area contributed by atoms with Gasteiger partial charge in [0.2, 0.25) is 0 Å². The quantitative estimate of drug-likeness (QED) is 0.549. The van der Waals surface area contributed by atoms with E-state index in [2.05, 4.69) is 36.5 Å². The van der Waals surface area contributed by atoms with Gasteiger partial charge < -0.3 is 10.2 Å². The van der Waals surface area contributed by atoms with Crippen LogP contribution in [0.15, 0.2) is 12.2 Å². The van der Waals surface area contributed by atoms with Gasteiger partial charge in [0, 0.05) is 13.1 Å². The van der Waals surface area contributed by atoms with Crippen LogP contribution in [0.5, 0.6) is 0 Å². The van der Waals surface area contributed by atoms with Gasteiger partial charge in [-0.05, 0) is 21.1 Å². The van der Waals surface area contributed by atoms with Crippen LogP contribution in [-0.2, 0) is 0 Å². The highest BCUT2D eigenvalue weighted by molar-refractivity contribution is 4.84. The minimum Gasteiger partial charge on any atom is -0.316 e. The second-order valence-electron chi connectivity index (χ2n) is 2.29. The van der Waals surface area contributed by atoms with Crippen molar-refractivity contribution in [2.75, 3.05) is 34.2 Å². The predicted octanol–water partition coefficient (Wildman–Crippen LogP) is 0.324. The van der Waals surface area contributed by atoms with Crippen LogP contribution in [0.2, 0.25) is 0 Å². The van der Waals surface area contributed by atoms with Gasteiger partial charge in [0.05, 0.1) is 0 Å². The second-order valence-corrected chi connectivity index (χ2v) is 2.29. The minimum absolute atomic E-state index is 0.966. The standard InChI is InChI=1S/C7H16N2/c1-8-6-4-5-7-9(2)3/h4-5,8H,6-7H2,1-3H3. The summed E-state index contributed by atoms with van der Waals surface area (Å²) >= 11 is 0. The molecule has 9 heavy (non-hydrogen) atoms. The van der Waals surface area contributed by atoms with E-state index < -0.39 is 0 Å². The Hall–Kier alpha value is -0.340. The molecule has 0 unspecified atom stereocenters. The van der Waals surface area contributed by atoms with Gasteiger partial charge in [0.1, 0.15) is 0 Å². The van der Waals surface area contributed by atoms with Crippen molar-refractivity contribution in [2.24, 2.45) is 0 Å². The zero-order valence-corrected chi connectivity index (χ0v) is 6.52. The Balaban J connectivity index is 3.04. The number of rotatable bonds is 4. The molecule has 0 aromatic heterocycles. The molecule has 0 bridgehead atoms. The molecule has 0 amide bonds. The summed E-state index contributed by atoms with van der Waals surface area (Å²) < 4.78 is 0. The zero-order chi connectivity index (χ0) is 7.11. The van der Waals surface area contributed by atoms with Crippen LogP contribution < -0.4 is 5.32 Å². The third-order valence-electron chi connectivity index (χ3n) is 0.959. The lowest BCUT2D eigenvalue weighted by Gasteiger charge is -2.02. The monoisotopic (exact) mass is 128 g/mol. The van der Waals surface area contributed by atoms with Crippen molar-refractivity contribution in [1.82, 2.24) is 10.2 Å². The number of nitrogens with one attached hydrogen (secondary N) is 1. The molecule has 0 aliphatic rings. The van der Waals surface area contributed by atoms with Gasteiger partial charge in [-0.1, -0.05) is 12.2 Å². The van der Waals surface area contributed by atoms with E-state index in [4.69, 9.17) is 0 Å².